The van der Waals surface area contributed by atoms with Crippen molar-refractivity contribution < 1.29 is 9.84 Å². The van der Waals surface area contributed by atoms with Crippen LogP contribution in [0.25, 0.3) is 4.96 Å². The number of hydrogen-bond acceptors (Lipinski definition) is 6. The van der Waals surface area contributed by atoms with E-state index in [-0.39, 0.29) is 13.2 Å². The molecular formula is C16H18N4O2S. The van der Waals surface area contributed by atoms with Crippen LogP contribution in [0.15, 0.2) is 29.9 Å². The van der Waals surface area contributed by atoms with Crippen LogP contribution in [0.4, 0.5) is 5.69 Å². The molecule has 6 nitrogen and oxygen atoms in total. The molecular weight excluding hydrogens is 312 g/mol. The van der Waals surface area contributed by atoms with Crippen molar-refractivity contribution in [2.75, 3.05) is 18.5 Å². The number of nitrogens with zero attached hydrogens (tertiary/aromatic N) is 3. The first kappa shape index (κ1) is 14.5. The summed E-state index contributed by atoms with van der Waals surface area (Å²) < 4.78 is 7.44. The van der Waals surface area contributed by atoms with Gasteiger partial charge in [-0.3, -0.25) is 4.40 Å². The van der Waals surface area contributed by atoms with Gasteiger partial charge in [-0.05, 0) is 18.9 Å². The van der Waals surface area contributed by atoms with Crippen molar-refractivity contribution in [2.45, 2.75) is 25.3 Å². The molecule has 0 spiro atoms. The van der Waals surface area contributed by atoms with Crippen LogP contribution in [0.3, 0.4) is 0 Å². The highest BCUT2D eigenvalue weighted by molar-refractivity contribution is 7.15. The molecule has 0 saturated heterocycles. The first-order valence-electron chi connectivity index (χ1n) is 7.73. The third-order valence-corrected chi connectivity index (χ3v) is 4.65. The Kier molecular flexibility index (Phi) is 3.88. The van der Waals surface area contributed by atoms with E-state index in [2.05, 4.69) is 26.3 Å². The van der Waals surface area contributed by atoms with Gasteiger partial charge in [0.2, 0.25) is 5.88 Å². The monoisotopic (exact) mass is 330 g/mol. The molecule has 1 saturated carbocycles. The number of pyridine rings is 1. The molecule has 0 atom stereocenters. The molecule has 4 rings (SSSR count). The van der Waals surface area contributed by atoms with Gasteiger partial charge in [-0.25, -0.2) is 9.97 Å². The van der Waals surface area contributed by atoms with E-state index in [1.165, 1.54) is 24.2 Å². The Morgan fingerprint density at radius 3 is 3.04 bits per heavy atom. The van der Waals surface area contributed by atoms with E-state index in [4.69, 9.17) is 14.8 Å². The number of thiazole rings is 1. The molecule has 0 bridgehead atoms. The van der Waals surface area contributed by atoms with Gasteiger partial charge in [-0.2, -0.15) is 0 Å². The maximum absolute atomic E-state index is 8.74. The van der Waals surface area contributed by atoms with Crippen LogP contribution in [0.5, 0.6) is 5.88 Å². The van der Waals surface area contributed by atoms with E-state index in [0.717, 1.165) is 17.2 Å². The number of anilines is 1. The zero-order valence-corrected chi connectivity index (χ0v) is 13.4. The topological polar surface area (TPSA) is 71.7 Å². The lowest BCUT2D eigenvalue weighted by atomic mass is 10.2. The Balaban J connectivity index is 1.48. The van der Waals surface area contributed by atoms with Crippen LogP contribution >= 0.6 is 11.3 Å². The van der Waals surface area contributed by atoms with E-state index >= 15 is 0 Å². The summed E-state index contributed by atoms with van der Waals surface area (Å²) in [5, 5.41) is 14.2. The van der Waals surface area contributed by atoms with Gasteiger partial charge in [0.05, 0.1) is 36.4 Å². The molecule has 0 amide bonds. The second-order valence-electron chi connectivity index (χ2n) is 5.58. The SMILES string of the molecule is OCCOc1ccc(NCc2c(C3CC3)nc3sccn23)cn1. The quantitative estimate of drug-likeness (QED) is 0.697. The van der Waals surface area contributed by atoms with Gasteiger partial charge >= 0.3 is 0 Å². The lowest BCUT2D eigenvalue weighted by Crippen LogP contribution is -2.06. The number of aromatic nitrogens is 3. The third kappa shape index (κ3) is 3.02. The lowest BCUT2D eigenvalue weighted by molar-refractivity contribution is 0.196. The van der Waals surface area contributed by atoms with Crippen molar-refractivity contribution in [3.63, 3.8) is 0 Å². The molecule has 3 aromatic rings. The number of nitrogens with one attached hydrogen (secondary N) is 1. The number of fused-ring (bicyclic) bond motifs is 1. The average molecular weight is 330 g/mol. The van der Waals surface area contributed by atoms with E-state index in [1.807, 2.05) is 6.07 Å². The fourth-order valence-electron chi connectivity index (χ4n) is 2.61. The summed E-state index contributed by atoms with van der Waals surface area (Å²) in [6.07, 6.45) is 6.32. The van der Waals surface area contributed by atoms with Crippen LogP contribution in [0.1, 0.15) is 30.1 Å². The molecule has 0 radical (unpaired) electrons. The number of ether oxygens (including phenoxy) is 1. The van der Waals surface area contributed by atoms with Crippen LogP contribution in [-0.2, 0) is 6.54 Å². The van der Waals surface area contributed by atoms with Gasteiger partial charge in [-0.1, -0.05) is 0 Å². The second-order valence-corrected chi connectivity index (χ2v) is 6.46. The maximum Gasteiger partial charge on any atom is 0.213 e. The molecule has 2 N–H and O–H groups in total. The minimum Gasteiger partial charge on any atom is -0.475 e. The van der Waals surface area contributed by atoms with Crippen LogP contribution < -0.4 is 10.1 Å². The van der Waals surface area contributed by atoms with Gasteiger partial charge in [0.1, 0.15) is 6.61 Å². The standard InChI is InChI=1S/C16H18N4O2S/c21-6-7-22-14-4-3-12(9-18-14)17-10-13-15(11-1-2-11)19-16-20(13)5-8-23-16/h3-5,8-9,11,17,21H,1-2,6-7,10H2. The van der Waals surface area contributed by atoms with E-state index < -0.39 is 0 Å². The third-order valence-electron chi connectivity index (χ3n) is 3.89. The van der Waals surface area contributed by atoms with E-state index in [1.54, 1.807) is 23.6 Å². The summed E-state index contributed by atoms with van der Waals surface area (Å²) >= 11 is 1.67. The molecule has 120 valence electrons. The summed E-state index contributed by atoms with van der Waals surface area (Å²) in [6.45, 7) is 0.974. The molecule has 3 heterocycles. The number of hydrogen-bond donors (Lipinski definition) is 2. The second kappa shape index (κ2) is 6.17. The average Bonchev–Trinajstić information content (AvgIpc) is 3.22. The molecule has 1 aliphatic carbocycles. The van der Waals surface area contributed by atoms with Gasteiger partial charge < -0.3 is 15.2 Å². The van der Waals surface area contributed by atoms with E-state index in [0.29, 0.717) is 11.8 Å². The minimum atomic E-state index is -0.0104. The largest absolute Gasteiger partial charge is 0.475 e. The first-order chi connectivity index (χ1) is 11.3. The molecule has 7 heteroatoms. The predicted molar refractivity (Wildman–Crippen MR) is 89.2 cm³/mol. The van der Waals surface area contributed by atoms with Crippen molar-refractivity contribution in [1.82, 2.24) is 14.4 Å². The fraction of sp³-hybridized carbons (Fsp3) is 0.375. The Morgan fingerprint density at radius 2 is 2.30 bits per heavy atom. The molecule has 3 aromatic heterocycles. The minimum absolute atomic E-state index is 0.0104. The molecule has 0 aromatic carbocycles. The van der Waals surface area contributed by atoms with Crippen LogP contribution in [-0.4, -0.2) is 32.7 Å². The lowest BCUT2D eigenvalue weighted by Gasteiger charge is -2.08. The number of aliphatic hydroxyl groups is 1. The normalized spacial score (nSPS) is 14.3. The fourth-order valence-corrected chi connectivity index (χ4v) is 3.35. The van der Waals surface area contributed by atoms with Crippen molar-refractivity contribution in [2.24, 2.45) is 0 Å². The van der Waals surface area contributed by atoms with Gasteiger partial charge in [0, 0.05) is 23.6 Å². The van der Waals surface area contributed by atoms with Crippen molar-refractivity contribution in [1.29, 1.82) is 0 Å². The zero-order chi connectivity index (χ0) is 15.6. The summed E-state index contributed by atoms with van der Waals surface area (Å²) in [7, 11) is 0. The predicted octanol–water partition coefficient (Wildman–Crippen LogP) is 2.65. The number of rotatable bonds is 7. The Morgan fingerprint density at radius 1 is 1.39 bits per heavy atom. The van der Waals surface area contributed by atoms with Crippen molar-refractivity contribution >= 4 is 22.0 Å². The van der Waals surface area contributed by atoms with Crippen molar-refractivity contribution in [3.05, 3.63) is 41.3 Å². The van der Waals surface area contributed by atoms with Crippen LogP contribution in [0, 0.1) is 0 Å². The number of imidazole rings is 1. The van der Waals surface area contributed by atoms with Gasteiger partial charge in [0.25, 0.3) is 0 Å². The van der Waals surface area contributed by atoms with E-state index in [9.17, 15) is 0 Å². The highest BCUT2D eigenvalue weighted by Crippen LogP contribution is 2.41. The van der Waals surface area contributed by atoms with Gasteiger partial charge in [0.15, 0.2) is 4.96 Å². The summed E-state index contributed by atoms with van der Waals surface area (Å²) in [6, 6.07) is 3.73. The first-order valence-corrected chi connectivity index (χ1v) is 8.61. The Hall–Kier alpha value is -2.12. The molecule has 23 heavy (non-hydrogen) atoms. The summed E-state index contributed by atoms with van der Waals surface area (Å²) in [5.41, 5.74) is 3.41. The van der Waals surface area contributed by atoms with Crippen molar-refractivity contribution in [3.8, 4) is 5.88 Å². The zero-order valence-electron chi connectivity index (χ0n) is 12.6. The van der Waals surface area contributed by atoms with Gasteiger partial charge in [-0.15, -0.1) is 11.3 Å². The summed E-state index contributed by atoms with van der Waals surface area (Å²) in [5.74, 6) is 1.15. The molecule has 0 unspecified atom stereocenters. The highest BCUT2D eigenvalue weighted by atomic mass is 32.1. The number of aliphatic hydroxyl groups excluding tert-OH is 1. The maximum atomic E-state index is 8.74. The van der Waals surface area contributed by atoms with Crippen LogP contribution in [0.2, 0.25) is 0 Å². The molecule has 1 aliphatic rings. The smallest absolute Gasteiger partial charge is 0.213 e. The highest BCUT2D eigenvalue weighted by Gasteiger charge is 2.30. The Bertz CT molecular complexity index is 792. The molecule has 1 fully saturated rings. The molecule has 0 aliphatic heterocycles. The Labute approximate surface area is 137 Å². The summed E-state index contributed by atoms with van der Waals surface area (Å²) in [4.78, 5) is 10.1.